The van der Waals surface area contributed by atoms with Crippen molar-refractivity contribution in [3.8, 4) is 0 Å². The molecule has 0 aromatic rings. The van der Waals surface area contributed by atoms with Gasteiger partial charge in [-0.15, -0.1) is 24.0 Å². The number of nitrogens with zero attached hydrogens (tertiary/aromatic N) is 3. The lowest BCUT2D eigenvalue weighted by molar-refractivity contribution is -0.139. The van der Waals surface area contributed by atoms with Crippen LogP contribution >= 0.6 is 24.0 Å². The number of hydrogen-bond donors (Lipinski definition) is 2. The van der Waals surface area contributed by atoms with E-state index in [1.54, 1.807) is 0 Å². The van der Waals surface area contributed by atoms with Gasteiger partial charge in [-0.3, -0.25) is 14.7 Å². The highest BCUT2D eigenvalue weighted by Gasteiger charge is 2.59. The van der Waals surface area contributed by atoms with E-state index in [2.05, 4.69) is 41.2 Å². The van der Waals surface area contributed by atoms with Gasteiger partial charge in [0.2, 0.25) is 5.91 Å². The third-order valence-electron chi connectivity index (χ3n) is 7.56. The number of halogens is 1. The Morgan fingerprint density at radius 1 is 1.17 bits per heavy atom. The first-order chi connectivity index (χ1) is 14.0. The molecular formula is C22H40IN5O2. The first kappa shape index (κ1) is 24.0. The number of carbonyl (C=O) groups is 1. The molecular weight excluding hydrogens is 493 g/mol. The summed E-state index contributed by atoms with van der Waals surface area (Å²) < 4.78 is 5.92. The summed E-state index contributed by atoms with van der Waals surface area (Å²) in [4.78, 5) is 21.7. The first-order valence-electron chi connectivity index (χ1n) is 11.7. The van der Waals surface area contributed by atoms with Crippen molar-refractivity contribution in [2.75, 3.05) is 52.4 Å². The zero-order valence-corrected chi connectivity index (χ0v) is 21.2. The number of ether oxygens (including phenoxy) is 1. The molecule has 4 aliphatic rings. The molecule has 0 radical (unpaired) electrons. The maximum atomic E-state index is 12.4. The summed E-state index contributed by atoms with van der Waals surface area (Å²) in [5.41, 5.74) is 0.153. The molecule has 0 aromatic heterocycles. The minimum atomic E-state index is 0. The largest absolute Gasteiger partial charge is 0.377 e. The van der Waals surface area contributed by atoms with Crippen LogP contribution in [0.2, 0.25) is 0 Å². The molecule has 2 N–H and O–H groups in total. The van der Waals surface area contributed by atoms with Gasteiger partial charge in [-0.2, -0.15) is 0 Å². The summed E-state index contributed by atoms with van der Waals surface area (Å²) in [6.45, 7) is 13.9. The van der Waals surface area contributed by atoms with Crippen LogP contribution in [0, 0.1) is 17.3 Å². The molecule has 0 aromatic carbocycles. The Hall–Kier alpha value is -0.610. The van der Waals surface area contributed by atoms with Crippen molar-refractivity contribution in [2.24, 2.45) is 22.2 Å². The van der Waals surface area contributed by atoms with Crippen LogP contribution in [-0.2, 0) is 9.53 Å². The predicted octanol–water partition coefficient (Wildman–Crippen LogP) is 1.92. The average molecular weight is 533 g/mol. The summed E-state index contributed by atoms with van der Waals surface area (Å²) in [7, 11) is 0. The molecule has 4 rings (SSSR count). The number of amides is 1. The van der Waals surface area contributed by atoms with Gasteiger partial charge >= 0.3 is 0 Å². The van der Waals surface area contributed by atoms with Gasteiger partial charge < -0.3 is 20.3 Å². The summed E-state index contributed by atoms with van der Waals surface area (Å²) >= 11 is 0. The second-order valence-electron chi connectivity index (χ2n) is 9.74. The van der Waals surface area contributed by atoms with Crippen molar-refractivity contribution in [3.63, 3.8) is 0 Å². The van der Waals surface area contributed by atoms with Crippen LogP contribution in [-0.4, -0.2) is 86.2 Å². The van der Waals surface area contributed by atoms with Gasteiger partial charge in [0.15, 0.2) is 5.96 Å². The van der Waals surface area contributed by atoms with E-state index >= 15 is 0 Å². The number of rotatable bonds is 6. The van der Waals surface area contributed by atoms with Crippen molar-refractivity contribution in [1.29, 1.82) is 0 Å². The smallest absolute Gasteiger partial charge is 0.225 e. The fourth-order valence-corrected chi connectivity index (χ4v) is 5.49. The molecule has 2 saturated carbocycles. The first-order valence-corrected chi connectivity index (χ1v) is 11.7. The van der Waals surface area contributed by atoms with Gasteiger partial charge in [0.05, 0.1) is 12.6 Å². The predicted molar refractivity (Wildman–Crippen MR) is 130 cm³/mol. The highest BCUT2D eigenvalue weighted by atomic mass is 127. The van der Waals surface area contributed by atoms with Crippen LogP contribution in [0.5, 0.6) is 0 Å². The van der Waals surface area contributed by atoms with Crippen molar-refractivity contribution in [1.82, 2.24) is 20.4 Å². The number of aliphatic imine (C=N–C) groups is 1. The lowest BCUT2D eigenvalue weighted by atomic mass is 9.57. The molecule has 0 spiro atoms. The Kier molecular flexibility index (Phi) is 8.28. The van der Waals surface area contributed by atoms with E-state index in [-0.39, 0.29) is 29.4 Å². The summed E-state index contributed by atoms with van der Waals surface area (Å²) in [6, 6.07) is 0.425. The minimum absolute atomic E-state index is 0. The van der Waals surface area contributed by atoms with Gasteiger partial charge in [-0.1, -0.05) is 20.3 Å². The fraction of sp³-hybridized carbons (Fsp3) is 0.909. The lowest BCUT2D eigenvalue weighted by Gasteiger charge is -2.54. The molecule has 1 amide bonds. The van der Waals surface area contributed by atoms with E-state index in [9.17, 15) is 4.79 Å². The van der Waals surface area contributed by atoms with Crippen LogP contribution in [0.1, 0.15) is 46.5 Å². The molecule has 3 atom stereocenters. The van der Waals surface area contributed by atoms with Crippen LogP contribution in [0.15, 0.2) is 4.99 Å². The van der Waals surface area contributed by atoms with Crippen molar-refractivity contribution in [2.45, 2.75) is 58.6 Å². The number of hydrogen-bond acceptors (Lipinski definition) is 4. The van der Waals surface area contributed by atoms with Crippen molar-refractivity contribution >= 4 is 35.8 Å². The lowest BCUT2D eigenvalue weighted by Crippen LogP contribution is -2.68. The summed E-state index contributed by atoms with van der Waals surface area (Å²) in [5, 5.41) is 7.10. The monoisotopic (exact) mass is 533 g/mol. The molecule has 7 nitrogen and oxygen atoms in total. The highest BCUT2D eigenvalue weighted by Crippen LogP contribution is 2.52. The molecule has 2 heterocycles. The Morgan fingerprint density at radius 2 is 1.90 bits per heavy atom. The average Bonchev–Trinajstić information content (AvgIpc) is 3.12. The van der Waals surface area contributed by atoms with Crippen molar-refractivity contribution < 1.29 is 9.53 Å². The van der Waals surface area contributed by atoms with Gasteiger partial charge in [-0.25, -0.2) is 0 Å². The summed E-state index contributed by atoms with van der Waals surface area (Å²) in [5.74, 6) is 2.25. The van der Waals surface area contributed by atoms with E-state index in [0.717, 1.165) is 77.6 Å². The second kappa shape index (κ2) is 10.3. The Labute approximate surface area is 198 Å². The van der Waals surface area contributed by atoms with Crippen LogP contribution in [0.4, 0.5) is 0 Å². The zero-order valence-electron chi connectivity index (χ0n) is 18.9. The van der Waals surface area contributed by atoms with E-state index in [4.69, 9.17) is 9.73 Å². The fourth-order valence-electron chi connectivity index (χ4n) is 5.49. The molecule has 172 valence electrons. The maximum absolute atomic E-state index is 12.4. The molecule has 2 aliphatic carbocycles. The van der Waals surface area contributed by atoms with Crippen LogP contribution in [0.3, 0.4) is 0 Å². The van der Waals surface area contributed by atoms with Crippen LogP contribution in [0.25, 0.3) is 0 Å². The van der Waals surface area contributed by atoms with E-state index in [0.29, 0.717) is 29.9 Å². The third kappa shape index (κ3) is 4.90. The van der Waals surface area contributed by atoms with E-state index in [1.807, 2.05) is 0 Å². The SMILES string of the molecule is CCNC(=NCCN1CCN(C(=O)C2CCC2)CC1)NC1C2CCOC2C1(C)C.I. The van der Waals surface area contributed by atoms with E-state index < -0.39 is 0 Å². The topological polar surface area (TPSA) is 69.2 Å². The molecule has 3 unspecified atom stereocenters. The molecule has 30 heavy (non-hydrogen) atoms. The van der Waals surface area contributed by atoms with Gasteiger partial charge in [-0.05, 0) is 26.2 Å². The standard InChI is InChI=1S/C22H39N5O2.HI/c1-4-23-21(25-18-17-8-15-29-19(17)22(18,2)3)24-9-10-26-11-13-27(14-12-26)20(28)16-6-5-7-16;/h16-19H,4-15H2,1-3H3,(H2,23,24,25);1H. The Balaban J connectivity index is 0.00000256. The molecule has 2 saturated heterocycles. The van der Waals surface area contributed by atoms with Gasteiger partial charge in [0.25, 0.3) is 0 Å². The zero-order chi connectivity index (χ0) is 20.4. The van der Waals surface area contributed by atoms with Crippen molar-refractivity contribution in [3.05, 3.63) is 0 Å². The molecule has 4 fully saturated rings. The number of piperazine rings is 1. The molecule has 0 bridgehead atoms. The number of carbonyl (C=O) groups excluding carboxylic acids is 1. The van der Waals surface area contributed by atoms with Gasteiger partial charge in [0.1, 0.15) is 0 Å². The molecule has 8 heteroatoms. The minimum Gasteiger partial charge on any atom is -0.377 e. The second-order valence-corrected chi connectivity index (χ2v) is 9.74. The number of guanidine groups is 1. The maximum Gasteiger partial charge on any atom is 0.225 e. The number of nitrogens with one attached hydrogen (secondary N) is 2. The Morgan fingerprint density at radius 3 is 2.53 bits per heavy atom. The number of fused-ring (bicyclic) bond motifs is 1. The van der Waals surface area contributed by atoms with E-state index in [1.165, 1.54) is 6.42 Å². The summed E-state index contributed by atoms with van der Waals surface area (Å²) in [6.07, 6.45) is 4.96. The van der Waals surface area contributed by atoms with Gasteiger partial charge in [0, 0.05) is 69.2 Å². The highest BCUT2D eigenvalue weighted by molar-refractivity contribution is 14.0. The normalized spacial score (nSPS) is 31.2. The molecule has 2 aliphatic heterocycles. The van der Waals surface area contributed by atoms with Crippen LogP contribution < -0.4 is 10.6 Å². The third-order valence-corrected chi connectivity index (χ3v) is 7.56. The quantitative estimate of drug-likeness (QED) is 0.310. The Bertz CT molecular complexity index is 617.